The summed E-state index contributed by atoms with van der Waals surface area (Å²) in [6.07, 6.45) is -0.653. The SMILES string of the molecule is CC(N)c1cnc(Cc2ccc(C(F)(F)F)cc2)nc1. The molecule has 0 amide bonds. The number of rotatable bonds is 3. The second-order valence-corrected chi connectivity index (χ2v) is 4.59. The zero-order valence-corrected chi connectivity index (χ0v) is 10.9. The van der Waals surface area contributed by atoms with E-state index in [4.69, 9.17) is 5.73 Å². The first-order chi connectivity index (χ1) is 9.36. The third kappa shape index (κ3) is 3.54. The largest absolute Gasteiger partial charge is 0.416 e. The van der Waals surface area contributed by atoms with E-state index >= 15 is 0 Å². The summed E-state index contributed by atoms with van der Waals surface area (Å²) in [4.78, 5) is 8.31. The molecule has 1 aromatic heterocycles. The van der Waals surface area contributed by atoms with Crippen molar-refractivity contribution in [3.8, 4) is 0 Å². The van der Waals surface area contributed by atoms with Gasteiger partial charge in [0.15, 0.2) is 0 Å². The van der Waals surface area contributed by atoms with Gasteiger partial charge in [0.2, 0.25) is 0 Å². The standard InChI is InChI=1S/C14H14F3N3/c1-9(18)11-7-19-13(20-8-11)6-10-2-4-12(5-3-10)14(15,16)17/h2-5,7-9H,6,18H2,1H3. The van der Waals surface area contributed by atoms with E-state index < -0.39 is 11.7 Å². The maximum Gasteiger partial charge on any atom is 0.416 e. The monoisotopic (exact) mass is 281 g/mol. The van der Waals surface area contributed by atoms with Crippen LogP contribution in [-0.2, 0) is 12.6 Å². The first-order valence-electron chi connectivity index (χ1n) is 6.09. The summed E-state index contributed by atoms with van der Waals surface area (Å²) in [5, 5.41) is 0. The van der Waals surface area contributed by atoms with E-state index in [-0.39, 0.29) is 6.04 Å². The smallest absolute Gasteiger partial charge is 0.324 e. The van der Waals surface area contributed by atoms with Crippen molar-refractivity contribution in [3.63, 3.8) is 0 Å². The molecule has 2 aromatic rings. The Morgan fingerprint density at radius 1 is 1.10 bits per heavy atom. The van der Waals surface area contributed by atoms with E-state index in [2.05, 4.69) is 9.97 Å². The minimum absolute atomic E-state index is 0.143. The summed E-state index contributed by atoms with van der Waals surface area (Å²) < 4.78 is 37.3. The first-order valence-corrected chi connectivity index (χ1v) is 6.09. The van der Waals surface area contributed by atoms with Gasteiger partial charge in [-0.05, 0) is 24.6 Å². The highest BCUT2D eigenvalue weighted by Crippen LogP contribution is 2.29. The van der Waals surface area contributed by atoms with Crippen LogP contribution in [0.15, 0.2) is 36.7 Å². The zero-order valence-electron chi connectivity index (χ0n) is 10.9. The van der Waals surface area contributed by atoms with Crippen molar-refractivity contribution in [1.82, 2.24) is 9.97 Å². The maximum atomic E-state index is 12.4. The van der Waals surface area contributed by atoms with Gasteiger partial charge in [0, 0.05) is 30.4 Å². The van der Waals surface area contributed by atoms with Crippen LogP contribution in [0.2, 0.25) is 0 Å². The van der Waals surface area contributed by atoms with E-state index in [0.717, 1.165) is 23.3 Å². The first kappa shape index (κ1) is 14.5. The molecule has 1 heterocycles. The Hall–Kier alpha value is -1.95. The van der Waals surface area contributed by atoms with Gasteiger partial charge in [-0.2, -0.15) is 13.2 Å². The second kappa shape index (κ2) is 5.58. The minimum Gasteiger partial charge on any atom is -0.324 e. The lowest BCUT2D eigenvalue weighted by Gasteiger charge is -2.08. The van der Waals surface area contributed by atoms with Crippen LogP contribution in [0.5, 0.6) is 0 Å². The van der Waals surface area contributed by atoms with Crippen LogP contribution in [0.3, 0.4) is 0 Å². The molecule has 1 unspecified atom stereocenters. The Balaban J connectivity index is 2.10. The number of nitrogens with zero attached hydrogens (tertiary/aromatic N) is 2. The average Bonchev–Trinajstić information content (AvgIpc) is 2.39. The Morgan fingerprint density at radius 3 is 2.10 bits per heavy atom. The third-order valence-corrected chi connectivity index (χ3v) is 2.89. The fraction of sp³-hybridized carbons (Fsp3) is 0.286. The van der Waals surface area contributed by atoms with Gasteiger partial charge in [0.25, 0.3) is 0 Å². The fourth-order valence-corrected chi connectivity index (χ4v) is 1.69. The van der Waals surface area contributed by atoms with Crippen molar-refractivity contribution < 1.29 is 13.2 Å². The lowest BCUT2D eigenvalue weighted by Crippen LogP contribution is -2.07. The van der Waals surface area contributed by atoms with Crippen LogP contribution in [0.4, 0.5) is 13.2 Å². The second-order valence-electron chi connectivity index (χ2n) is 4.59. The number of benzene rings is 1. The molecule has 0 aliphatic carbocycles. The van der Waals surface area contributed by atoms with Crippen molar-refractivity contribution in [2.75, 3.05) is 0 Å². The quantitative estimate of drug-likeness (QED) is 0.940. The lowest BCUT2D eigenvalue weighted by atomic mass is 10.1. The summed E-state index contributed by atoms with van der Waals surface area (Å²) in [6, 6.07) is 4.85. The summed E-state index contributed by atoms with van der Waals surface area (Å²) in [5.74, 6) is 0.550. The van der Waals surface area contributed by atoms with Crippen molar-refractivity contribution in [3.05, 3.63) is 59.2 Å². The molecule has 0 aliphatic heterocycles. The van der Waals surface area contributed by atoms with Crippen molar-refractivity contribution in [2.45, 2.75) is 25.6 Å². The molecule has 1 aromatic carbocycles. The van der Waals surface area contributed by atoms with Crippen LogP contribution < -0.4 is 5.73 Å². The number of nitrogens with two attached hydrogens (primary N) is 1. The summed E-state index contributed by atoms with van der Waals surface area (Å²) in [6.45, 7) is 1.83. The molecule has 0 radical (unpaired) electrons. The summed E-state index contributed by atoms with van der Waals surface area (Å²) in [5.41, 5.74) is 6.58. The van der Waals surface area contributed by atoms with Crippen LogP contribution in [0.1, 0.15) is 35.5 Å². The normalized spacial score (nSPS) is 13.2. The Morgan fingerprint density at radius 2 is 1.65 bits per heavy atom. The molecule has 6 heteroatoms. The van der Waals surface area contributed by atoms with Gasteiger partial charge in [0.05, 0.1) is 5.56 Å². The van der Waals surface area contributed by atoms with Crippen molar-refractivity contribution in [2.24, 2.45) is 5.73 Å². The molecule has 1 atom stereocenters. The third-order valence-electron chi connectivity index (χ3n) is 2.89. The number of hydrogen-bond donors (Lipinski definition) is 1. The molecule has 0 bridgehead atoms. The van der Waals surface area contributed by atoms with Crippen LogP contribution in [-0.4, -0.2) is 9.97 Å². The van der Waals surface area contributed by atoms with E-state index in [9.17, 15) is 13.2 Å². The van der Waals surface area contributed by atoms with Gasteiger partial charge in [0.1, 0.15) is 5.82 Å². The molecular weight excluding hydrogens is 267 g/mol. The molecule has 2 N–H and O–H groups in total. The van der Waals surface area contributed by atoms with Crippen LogP contribution >= 0.6 is 0 Å². The van der Waals surface area contributed by atoms with Gasteiger partial charge >= 0.3 is 6.18 Å². The molecule has 2 rings (SSSR count). The number of aromatic nitrogens is 2. The highest BCUT2D eigenvalue weighted by molar-refractivity contribution is 5.26. The van der Waals surface area contributed by atoms with E-state index in [1.54, 1.807) is 12.4 Å². The zero-order chi connectivity index (χ0) is 14.8. The van der Waals surface area contributed by atoms with Crippen molar-refractivity contribution in [1.29, 1.82) is 0 Å². The Kier molecular flexibility index (Phi) is 4.04. The average molecular weight is 281 g/mol. The number of alkyl halides is 3. The lowest BCUT2D eigenvalue weighted by molar-refractivity contribution is -0.137. The van der Waals surface area contributed by atoms with Gasteiger partial charge in [-0.3, -0.25) is 0 Å². The van der Waals surface area contributed by atoms with Crippen LogP contribution in [0.25, 0.3) is 0 Å². The molecule has 0 aliphatic rings. The summed E-state index contributed by atoms with van der Waals surface area (Å²) in [7, 11) is 0. The molecule has 106 valence electrons. The highest BCUT2D eigenvalue weighted by atomic mass is 19.4. The Labute approximate surface area is 114 Å². The molecule has 0 saturated carbocycles. The molecule has 0 spiro atoms. The molecule has 0 saturated heterocycles. The minimum atomic E-state index is -4.31. The maximum absolute atomic E-state index is 12.4. The van der Waals surface area contributed by atoms with Gasteiger partial charge in [-0.15, -0.1) is 0 Å². The van der Waals surface area contributed by atoms with Crippen LogP contribution in [0, 0.1) is 0 Å². The van der Waals surface area contributed by atoms with E-state index in [1.807, 2.05) is 6.92 Å². The topological polar surface area (TPSA) is 51.8 Å². The molecule has 3 nitrogen and oxygen atoms in total. The van der Waals surface area contributed by atoms with Crippen molar-refractivity contribution >= 4 is 0 Å². The number of hydrogen-bond acceptors (Lipinski definition) is 3. The van der Waals surface area contributed by atoms with E-state index in [1.165, 1.54) is 12.1 Å². The predicted octanol–water partition coefficient (Wildman–Crippen LogP) is 3.11. The Bertz CT molecular complexity index is 560. The molecule has 0 fully saturated rings. The fourth-order valence-electron chi connectivity index (χ4n) is 1.69. The molecular formula is C14H14F3N3. The van der Waals surface area contributed by atoms with E-state index in [0.29, 0.717) is 12.2 Å². The van der Waals surface area contributed by atoms with Gasteiger partial charge in [-0.25, -0.2) is 9.97 Å². The summed E-state index contributed by atoms with van der Waals surface area (Å²) >= 11 is 0. The predicted molar refractivity (Wildman–Crippen MR) is 68.9 cm³/mol. The molecule has 20 heavy (non-hydrogen) atoms. The van der Waals surface area contributed by atoms with Gasteiger partial charge in [-0.1, -0.05) is 12.1 Å². The number of halogens is 3. The van der Waals surface area contributed by atoms with Gasteiger partial charge < -0.3 is 5.73 Å². The highest BCUT2D eigenvalue weighted by Gasteiger charge is 2.29.